The van der Waals surface area contributed by atoms with Gasteiger partial charge in [-0.05, 0) is 6.42 Å². The van der Waals surface area contributed by atoms with Crippen molar-refractivity contribution in [3.05, 3.63) is 36.2 Å². The number of anilines is 1. The van der Waals surface area contributed by atoms with Crippen molar-refractivity contribution in [2.24, 2.45) is 0 Å². The summed E-state index contributed by atoms with van der Waals surface area (Å²) in [5, 5.41) is 2.59. The first-order valence-electron chi connectivity index (χ1n) is 6.59. The molecule has 3 rings (SSSR count). The van der Waals surface area contributed by atoms with Crippen molar-refractivity contribution in [2.75, 3.05) is 31.2 Å². The van der Waals surface area contributed by atoms with E-state index in [1.165, 1.54) is 22.2 Å². The second-order valence-corrected chi connectivity index (χ2v) is 4.59. The maximum atomic E-state index is 5.42. The van der Waals surface area contributed by atoms with E-state index in [-0.39, 0.29) is 0 Å². The number of rotatable bonds is 2. The van der Waals surface area contributed by atoms with E-state index in [1.54, 1.807) is 0 Å². The van der Waals surface area contributed by atoms with Gasteiger partial charge in [-0.1, -0.05) is 31.2 Å². The highest BCUT2D eigenvalue weighted by atomic mass is 16.5. The van der Waals surface area contributed by atoms with E-state index in [2.05, 4.69) is 41.1 Å². The van der Waals surface area contributed by atoms with E-state index in [0.29, 0.717) is 0 Å². The van der Waals surface area contributed by atoms with Crippen LogP contribution >= 0.6 is 0 Å². The van der Waals surface area contributed by atoms with Crippen LogP contribution in [0.25, 0.3) is 10.8 Å². The van der Waals surface area contributed by atoms with E-state index in [1.807, 2.05) is 6.20 Å². The Morgan fingerprint density at radius 1 is 1.17 bits per heavy atom. The van der Waals surface area contributed by atoms with Crippen LogP contribution in [0.3, 0.4) is 0 Å². The lowest BCUT2D eigenvalue weighted by atomic mass is 10.1. The highest BCUT2D eigenvalue weighted by Gasteiger charge is 2.15. The normalized spacial score (nSPS) is 16.2. The molecule has 1 aromatic carbocycles. The topological polar surface area (TPSA) is 25.4 Å². The Hall–Kier alpha value is -1.61. The molecule has 18 heavy (non-hydrogen) atoms. The summed E-state index contributed by atoms with van der Waals surface area (Å²) in [6.45, 7) is 5.69. The van der Waals surface area contributed by atoms with Gasteiger partial charge in [-0.3, -0.25) is 4.98 Å². The largest absolute Gasteiger partial charge is 0.378 e. The molecule has 1 fully saturated rings. The van der Waals surface area contributed by atoms with Crippen LogP contribution in [-0.2, 0) is 11.2 Å². The predicted octanol–water partition coefficient (Wildman–Crippen LogP) is 2.63. The van der Waals surface area contributed by atoms with Gasteiger partial charge < -0.3 is 9.64 Å². The number of pyridine rings is 1. The number of aromatic nitrogens is 1. The van der Waals surface area contributed by atoms with Crippen LogP contribution in [0.1, 0.15) is 12.6 Å². The van der Waals surface area contributed by atoms with Gasteiger partial charge in [0.15, 0.2) is 0 Å². The number of ether oxygens (including phenoxy) is 1. The highest BCUT2D eigenvalue weighted by molar-refractivity contribution is 5.95. The molecule has 0 radical (unpaired) electrons. The molecule has 1 saturated heterocycles. The van der Waals surface area contributed by atoms with Crippen molar-refractivity contribution in [3.63, 3.8) is 0 Å². The minimum Gasteiger partial charge on any atom is -0.378 e. The van der Waals surface area contributed by atoms with Crippen LogP contribution in [0.5, 0.6) is 0 Å². The number of fused-ring (bicyclic) bond motifs is 1. The second kappa shape index (κ2) is 4.94. The summed E-state index contributed by atoms with van der Waals surface area (Å²) in [7, 11) is 0. The third-order valence-electron chi connectivity index (χ3n) is 3.54. The number of nitrogens with zero attached hydrogens (tertiary/aromatic N) is 2. The third-order valence-corrected chi connectivity index (χ3v) is 3.54. The predicted molar refractivity (Wildman–Crippen MR) is 74.2 cm³/mol. The zero-order valence-corrected chi connectivity index (χ0v) is 10.7. The van der Waals surface area contributed by atoms with Crippen molar-refractivity contribution in [1.82, 2.24) is 4.98 Å². The van der Waals surface area contributed by atoms with Crippen LogP contribution in [0.2, 0.25) is 0 Å². The molecule has 0 unspecified atom stereocenters. The molecule has 3 nitrogen and oxygen atoms in total. The molecule has 0 bridgehead atoms. The summed E-state index contributed by atoms with van der Waals surface area (Å²) < 4.78 is 5.42. The minimum atomic E-state index is 0.809. The summed E-state index contributed by atoms with van der Waals surface area (Å²) in [4.78, 5) is 6.99. The SMILES string of the molecule is CCc1ncc(N2CCOCC2)c2ccccc12. The van der Waals surface area contributed by atoms with Crippen molar-refractivity contribution in [2.45, 2.75) is 13.3 Å². The number of benzene rings is 1. The van der Waals surface area contributed by atoms with E-state index in [4.69, 9.17) is 4.74 Å². The highest BCUT2D eigenvalue weighted by Crippen LogP contribution is 2.28. The molecule has 2 heterocycles. The molecule has 0 atom stereocenters. The van der Waals surface area contributed by atoms with Gasteiger partial charge in [-0.25, -0.2) is 0 Å². The maximum absolute atomic E-state index is 5.42. The smallest absolute Gasteiger partial charge is 0.0642 e. The number of hydrogen-bond acceptors (Lipinski definition) is 3. The molecular formula is C15H18N2O. The Bertz CT molecular complexity index is 547. The maximum Gasteiger partial charge on any atom is 0.0642 e. The number of morpholine rings is 1. The first-order chi connectivity index (χ1) is 8.90. The fraction of sp³-hybridized carbons (Fsp3) is 0.400. The van der Waals surface area contributed by atoms with Gasteiger partial charge in [0.2, 0.25) is 0 Å². The van der Waals surface area contributed by atoms with E-state index < -0.39 is 0 Å². The standard InChI is InChI=1S/C15H18N2O/c1-2-14-12-5-3-4-6-13(12)15(11-16-14)17-7-9-18-10-8-17/h3-6,11H,2,7-10H2,1H3. The molecule has 0 N–H and O–H groups in total. The van der Waals surface area contributed by atoms with Gasteiger partial charge in [-0.15, -0.1) is 0 Å². The van der Waals surface area contributed by atoms with Crippen molar-refractivity contribution < 1.29 is 4.74 Å². The molecule has 3 heteroatoms. The summed E-state index contributed by atoms with van der Waals surface area (Å²) in [5.74, 6) is 0. The van der Waals surface area contributed by atoms with Crippen LogP contribution < -0.4 is 4.90 Å². The molecule has 0 amide bonds. The van der Waals surface area contributed by atoms with Gasteiger partial charge in [0.05, 0.1) is 25.1 Å². The first kappa shape index (κ1) is 11.5. The average Bonchev–Trinajstić information content (AvgIpc) is 2.47. The van der Waals surface area contributed by atoms with Crippen molar-refractivity contribution >= 4 is 16.5 Å². The molecule has 0 saturated carbocycles. The fourth-order valence-corrected chi connectivity index (χ4v) is 2.57. The average molecular weight is 242 g/mol. The number of hydrogen-bond donors (Lipinski definition) is 0. The van der Waals surface area contributed by atoms with Crippen LogP contribution in [0.4, 0.5) is 5.69 Å². The molecule has 94 valence electrons. The molecule has 1 aromatic heterocycles. The molecule has 2 aromatic rings. The van der Waals surface area contributed by atoms with E-state index in [0.717, 1.165) is 32.7 Å². The first-order valence-corrected chi connectivity index (χ1v) is 6.59. The van der Waals surface area contributed by atoms with Gasteiger partial charge in [0.1, 0.15) is 0 Å². The Morgan fingerprint density at radius 3 is 2.61 bits per heavy atom. The molecule has 1 aliphatic rings. The van der Waals surface area contributed by atoms with E-state index in [9.17, 15) is 0 Å². The van der Waals surface area contributed by atoms with Crippen molar-refractivity contribution in [1.29, 1.82) is 0 Å². The minimum absolute atomic E-state index is 0.809. The molecule has 0 spiro atoms. The second-order valence-electron chi connectivity index (χ2n) is 4.59. The van der Waals surface area contributed by atoms with Gasteiger partial charge >= 0.3 is 0 Å². The summed E-state index contributed by atoms with van der Waals surface area (Å²) in [5.41, 5.74) is 2.42. The van der Waals surface area contributed by atoms with E-state index >= 15 is 0 Å². The quantitative estimate of drug-likeness (QED) is 0.809. The summed E-state index contributed by atoms with van der Waals surface area (Å²) >= 11 is 0. The fourth-order valence-electron chi connectivity index (χ4n) is 2.57. The third kappa shape index (κ3) is 1.95. The van der Waals surface area contributed by atoms with Crippen molar-refractivity contribution in [3.8, 4) is 0 Å². The zero-order valence-electron chi connectivity index (χ0n) is 10.7. The number of aryl methyl sites for hydroxylation is 1. The zero-order chi connectivity index (χ0) is 12.4. The van der Waals surface area contributed by atoms with Gasteiger partial charge in [0, 0.05) is 29.6 Å². The Balaban J connectivity index is 2.12. The monoisotopic (exact) mass is 242 g/mol. The van der Waals surface area contributed by atoms with Crippen LogP contribution in [-0.4, -0.2) is 31.3 Å². The lowest BCUT2D eigenvalue weighted by Gasteiger charge is -2.29. The Kier molecular flexibility index (Phi) is 3.15. The van der Waals surface area contributed by atoms with Gasteiger partial charge in [0.25, 0.3) is 0 Å². The Morgan fingerprint density at radius 2 is 1.89 bits per heavy atom. The Labute approximate surface area is 107 Å². The molecule has 1 aliphatic heterocycles. The molecule has 0 aliphatic carbocycles. The van der Waals surface area contributed by atoms with Gasteiger partial charge in [-0.2, -0.15) is 0 Å². The lowest BCUT2D eigenvalue weighted by Crippen LogP contribution is -2.36. The lowest BCUT2D eigenvalue weighted by molar-refractivity contribution is 0.123. The van der Waals surface area contributed by atoms with Crippen LogP contribution in [0, 0.1) is 0 Å². The summed E-state index contributed by atoms with van der Waals surface area (Å²) in [6.07, 6.45) is 3.00. The molecular weight excluding hydrogens is 224 g/mol. The summed E-state index contributed by atoms with van der Waals surface area (Å²) in [6, 6.07) is 8.56. The van der Waals surface area contributed by atoms with Crippen LogP contribution in [0.15, 0.2) is 30.5 Å².